The number of ketones is 2. The number of phenolic OH excluding ortho intramolecular Hbond substituents is 2. The third-order valence-corrected chi connectivity index (χ3v) is 13.0. The Balaban J connectivity index is 1.34. The van der Waals surface area contributed by atoms with Crippen LogP contribution >= 0.6 is 0 Å². The number of rotatable bonds is 11. The quantitative estimate of drug-likeness (QED) is 0.0881. The maximum Gasteiger partial charge on any atom is 0.194 e. The summed E-state index contributed by atoms with van der Waals surface area (Å²) in [4.78, 5) is 27.7. The highest BCUT2D eigenvalue weighted by Gasteiger charge is 2.48. The van der Waals surface area contributed by atoms with Gasteiger partial charge in [-0.25, -0.2) is 0 Å². The number of aromatic hydroxyl groups is 2. The first-order valence-electron chi connectivity index (χ1n) is 18.5. The van der Waals surface area contributed by atoms with Crippen LogP contribution in [0.15, 0.2) is 23.5 Å². The van der Waals surface area contributed by atoms with E-state index in [9.17, 15) is 24.9 Å². The fourth-order valence-corrected chi connectivity index (χ4v) is 10.1. The number of carbonyl (C=O) groups excluding carboxylic acids is 2. The molecule has 11 heteroatoms. The lowest BCUT2D eigenvalue weighted by molar-refractivity contribution is -1.08. The minimum atomic E-state index is -1.40. The van der Waals surface area contributed by atoms with Crippen LogP contribution in [0.25, 0.3) is 39.0 Å². The number of aliphatic hydroxyl groups is 1. The summed E-state index contributed by atoms with van der Waals surface area (Å²) in [6.45, 7) is 16.1. The molecule has 2 bridgehead atoms. The van der Waals surface area contributed by atoms with E-state index in [0.717, 1.165) is 19.4 Å². The summed E-state index contributed by atoms with van der Waals surface area (Å²) < 4.78 is 20.0. The van der Waals surface area contributed by atoms with E-state index in [1.54, 1.807) is 0 Å². The van der Waals surface area contributed by atoms with Gasteiger partial charge in [0.2, 0.25) is 0 Å². The van der Waals surface area contributed by atoms with E-state index in [-0.39, 0.29) is 45.7 Å². The molecule has 52 heavy (non-hydrogen) atoms. The number of hydrogen-bond donors (Lipinski definition) is 4. The Morgan fingerprint density at radius 1 is 0.885 bits per heavy atom. The molecule has 3 fully saturated rings. The Kier molecular flexibility index (Phi) is 8.13. The molecular weight excluding hydrogens is 662 g/mol. The molecule has 0 spiro atoms. The molecular formula is C41H49N3O8+2. The number of methoxy groups -OCH3 is 3. The number of allylic oxidation sites excluding steroid dienone is 3. The number of fused-ring (bicyclic) bond motifs is 4. The molecule has 6 aliphatic rings. The van der Waals surface area contributed by atoms with E-state index in [1.807, 2.05) is 13.0 Å². The fourth-order valence-electron chi connectivity index (χ4n) is 10.1. The van der Waals surface area contributed by atoms with Crippen LogP contribution in [-0.4, -0.2) is 116 Å². The van der Waals surface area contributed by atoms with Crippen LogP contribution in [0.5, 0.6) is 17.2 Å². The minimum Gasteiger partial charge on any atom is -0.507 e. The molecule has 2 atom stereocenters. The number of aliphatic hydroxyl groups excluding tert-OH is 1. The van der Waals surface area contributed by atoms with Crippen molar-refractivity contribution >= 4 is 56.2 Å². The van der Waals surface area contributed by atoms with Gasteiger partial charge in [0.1, 0.15) is 74.2 Å². The molecule has 0 saturated carbocycles. The van der Waals surface area contributed by atoms with Gasteiger partial charge in [0, 0.05) is 62.5 Å². The zero-order valence-corrected chi connectivity index (χ0v) is 30.9. The zero-order valence-electron chi connectivity index (χ0n) is 30.9. The van der Waals surface area contributed by atoms with E-state index in [1.165, 1.54) is 95.2 Å². The first kappa shape index (κ1) is 34.5. The molecule has 9 rings (SSSR count). The summed E-state index contributed by atoms with van der Waals surface area (Å²) >= 11 is 0. The zero-order chi connectivity index (χ0) is 36.9. The van der Waals surface area contributed by atoms with Gasteiger partial charge in [0.05, 0.1) is 51.6 Å². The van der Waals surface area contributed by atoms with Gasteiger partial charge >= 0.3 is 0 Å². The molecule has 3 aromatic carbocycles. The summed E-state index contributed by atoms with van der Waals surface area (Å²) in [6.07, 6.45) is 3.76. The van der Waals surface area contributed by atoms with E-state index in [0.29, 0.717) is 61.6 Å². The maximum absolute atomic E-state index is 14.0. The Bertz CT molecular complexity index is 2170. The van der Waals surface area contributed by atoms with Crippen LogP contribution in [0.3, 0.4) is 0 Å². The number of unbranched alkanes of at least 4 members (excludes halogenated alkanes) is 1. The second kappa shape index (κ2) is 12.2. The number of ether oxygens (including phenoxy) is 3. The van der Waals surface area contributed by atoms with E-state index in [4.69, 9.17) is 14.2 Å². The Morgan fingerprint density at radius 2 is 1.58 bits per heavy atom. The fraction of sp³-hybridized carbons (Fsp3) is 0.463. The monoisotopic (exact) mass is 711 g/mol. The number of benzene rings is 3. The van der Waals surface area contributed by atoms with Crippen molar-refractivity contribution in [3.8, 4) is 17.2 Å². The number of hydrogen-bond acceptors (Lipinski definition) is 9. The molecule has 4 N–H and O–H groups in total. The van der Waals surface area contributed by atoms with Crippen LogP contribution < -0.4 is 10.1 Å². The normalized spacial score (nSPS) is 25.7. The highest BCUT2D eigenvalue weighted by atomic mass is 16.5. The number of quaternary nitrogens is 2. The number of phenols is 2. The van der Waals surface area contributed by atoms with Crippen molar-refractivity contribution in [2.75, 3.05) is 85.5 Å². The van der Waals surface area contributed by atoms with Crippen molar-refractivity contribution < 1.29 is 48.1 Å². The Labute approximate surface area is 303 Å². The van der Waals surface area contributed by atoms with E-state index < -0.39 is 17.8 Å². The van der Waals surface area contributed by atoms with Gasteiger partial charge in [-0.05, 0) is 39.2 Å². The van der Waals surface area contributed by atoms with Crippen LogP contribution in [0.1, 0.15) is 72.3 Å². The van der Waals surface area contributed by atoms with Gasteiger partial charge in [-0.15, -0.1) is 0 Å². The highest BCUT2D eigenvalue weighted by Crippen LogP contribution is 2.60. The molecule has 3 heterocycles. The molecule has 274 valence electrons. The second-order valence-corrected chi connectivity index (χ2v) is 15.4. The smallest absolute Gasteiger partial charge is 0.194 e. The minimum absolute atomic E-state index is 0.112. The number of Topliss-reactive ketones (excluding diaryl/α,β-unsaturated/α-hetero) is 1. The summed E-state index contributed by atoms with van der Waals surface area (Å²) in [7, 11) is 4.39. The average Bonchev–Trinajstić information content (AvgIpc) is 3.27. The summed E-state index contributed by atoms with van der Waals surface area (Å²) in [5.74, 6) is -1.12. The molecule has 0 aromatic heterocycles. The van der Waals surface area contributed by atoms with E-state index >= 15 is 0 Å². The number of nitrogens with zero attached hydrogens (tertiary/aromatic N) is 2. The van der Waals surface area contributed by atoms with Crippen LogP contribution in [0, 0.1) is 5.92 Å². The standard InChI is InChI=1S/C41H47N3O8/c1-7-43-12-15-44(16-13-43,17-14-43)11-9-8-10-42-38-23-18-21(2)28(22(3)45)37-35-29(23)34-30(39(38)48)24(46)19-26(50-4)32(34)33-27(51-5)20-25(47)31(36(33)35)40(49)41(37)52-6/h18-20,28,40,42,49H,7-17H2,1-6H3/p+2. The van der Waals surface area contributed by atoms with Crippen molar-refractivity contribution in [2.45, 2.75) is 39.7 Å². The Hall–Kier alpha value is -4.58. The van der Waals surface area contributed by atoms with Gasteiger partial charge in [-0.1, -0.05) is 11.6 Å². The summed E-state index contributed by atoms with van der Waals surface area (Å²) in [5, 5.41) is 41.1. The predicted molar refractivity (Wildman–Crippen MR) is 200 cm³/mol. The third-order valence-electron chi connectivity index (χ3n) is 13.0. The maximum atomic E-state index is 14.0. The molecule has 3 aliphatic carbocycles. The molecule has 0 radical (unpaired) electrons. The lowest BCUT2D eigenvalue weighted by Crippen LogP contribution is -2.74. The van der Waals surface area contributed by atoms with Crippen molar-refractivity contribution in [2.24, 2.45) is 5.92 Å². The lowest BCUT2D eigenvalue weighted by atomic mass is 9.73. The third kappa shape index (κ3) is 4.68. The molecule has 3 aromatic rings. The van der Waals surface area contributed by atoms with Gasteiger partial charge < -0.3 is 43.8 Å². The van der Waals surface area contributed by atoms with Crippen molar-refractivity contribution in [3.63, 3.8) is 0 Å². The predicted octanol–water partition coefficient (Wildman–Crippen LogP) is 5.50. The lowest BCUT2D eigenvalue weighted by Gasteiger charge is -2.55. The second-order valence-electron chi connectivity index (χ2n) is 15.4. The summed E-state index contributed by atoms with van der Waals surface area (Å²) in [5.41, 5.74) is 3.51. The van der Waals surface area contributed by atoms with Crippen molar-refractivity contribution in [1.29, 1.82) is 0 Å². The largest absolute Gasteiger partial charge is 0.507 e. The van der Waals surface area contributed by atoms with Gasteiger partial charge in [-0.2, -0.15) is 0 Å². The van der Waals surface area contributed by atoms with Crippen LogP contribution in [-0.2, 0) is 14.3 Å². The molecule has 0 amide bonds. The van der Waals surface area contributed by atoms with Crippen LogP contribution in [0.2, 0.25) is 0 Å². The number of piperazine rings is 3. The first-order chi connectivity index (χ1) is 24.9. The topological polar surface area (TPSA) is 135 Å². The van der Waals surface area contributed by atoms with Crippen LogP contribution in [0.4, 0.5) is 5.69 Å². The molecule has 11 nitrogen and oxygen atoms in total. The number of likely N-dealkylation sites (N-methyl/N-ethyl adjacent to an activating group) is 1. The molecule has 2 unspecified atom stereocenters. The first-order valence-corrected chi connectivity index (χ1v) is 18.5. The SMILES string of the molecule is CC[N+]12CC[N+](CCCCNc3c(O)c4c5c(c6c(OC)cc(O)c7c6c6c5c3C=C(C)C(C(C)=O)C6=C(OC)C7O)C(OC)=CC4=O)(CC1)CC2. The van der Waals surface area contributed by atoms with Crippen molar-refractivity contribution in [1.82, 2.24) is 0 Å². The number of anilines is 1. The van der Waals surface area contributed by atoms with E-state index in [2.05, 4.69) is 12.2 Å². The van der Waals surface area contributed by atoms with Gasteiger partial charge in [-0.3, -0.25) is 9.59 Å². The molecule has 3 saturated heterocycles. The van der Waals surface area contributed by atoms with Crippen molar-refractivity contribution in [3.05, 3.63) is 51.3 Å². The number of carbonyl (C=O) groups is 2. The summed E-state index contributed by atoms with van der Waals surface area (Å²) in [6, 6.07) is 1.43. The number of nitrogens with one attached hydrogen (secondary N) is 1. The average molecular weight is 712 g/mol. The van der Waals surface area contributed by atoms with Gasteiger partial charge in [0.15, 0.2) is 11.5 Å². The molecule has 3 aliphatic heterocycles. The highest BCUT2D eigenvalue weighted by molar-refractivity contribution is 6.33. The van der Waals surface area contributed by atoms with Gasteiger partial charge in [0.25, 0.3) is 0 Å². The Morgan fingerprint density at radius 3 is 2.19 bits per heavy atom.